The highest BCUT2D eigenvalue weighted by Gasteiger charge is 2.08. The summed E-state index contributed by atoms with van der Waals surface area (Å²) >= 11 is 0. The molecule has 0 saturated heterocycles. The third-order valence-corrected chi connectivity index (χ3v) is 2.03. The van der Waals surface area contributed by atoms with Gasteiger partial charge in [-0.2, -0.15) is 0 Å². The van der Waals surface area contributed by atoms with Crippen molar-refractivity contribution in [3.8, 4) is 12.3 Å². The molecule has 0 spiro atoms. The number of pyridine rings is 1. The van der Waals surface area contributed by atoms with Crippen LogP contribution in [0.1, 0.15) is 33.7 Å². The van der Waals surface area contributed by atoms with Crippen LogP contribution in [-0.4, -0.2) is 28.5 Å². The summed E-state index contributed by atoms with van der Waals surface area (Å²) in [4.78, 5) is 25.7. The standard InChI is InChI=1S/C12H12N2O3/c1-2-3-4-7-13-11(15)9-5-6-10(12(16)17)14-8-9/h1,5-6,8H,3-4,7H2,(H,13,15)(H,16,17). The molecule has 5 heteroatoms. The number of nitrogens with zero attached hydrogens (tertiary/aromatic N) is 1. The van der Waals surface area contributed by atoms with Gasteiger partial charge in [-0.15, -0.1) is 12.3 Å². The lowest BCUT2D eigenvalue weighted by molar-refractivity contribution is 0.0689. The van der Waals surface area contributed by atoms with Gasteiger partial charge in [-0.05, 0) is 18.6 Å². The largest absolute Gasteiger partial charge is 0.477 e. The molecule has 0 aliphatic carbocycles. The monoisotopic (exact) mass is 232 g/mol. The number of terminal acetylenes is 1. The van der Waals surface area contributed by atoms with E-state index in [1.807, 2.05) is 0 Å². The number of amides is 1. The molecule has 5 nitrogen and oxygen atoms in total. The molecule has 0 aliphatic heterocycles. The van der Waals surface area contributed by atoms with E-state index in [1.54, 1.807) is 0 Å². The van der Waals surface area contributed by atoms with Crippen LogP contribution in [0, 0.1) is 12.3 Å². The molecule has 0 bridgehead atoms. The van der Waals surface area contributed by atoms with Crippen molar-refractivity contribution in [1.82, 2.24) is 10.3 Å². The van der Waals surface area contributed by atoms with Crippen LogP contribution in [0.15, 0.2) is 18.3 Å². The van der Waals surface area contributed by atoms with Crippen molar-refractivity contribution >= 4 is 11.9 Å². The predicted octanol–water partition coefficient (Wildman–Crippen LogP) is 0.923. The first kappa shape index (κ1) is 12.7. The molecule has 0 fully saturated rings. The number of aromatic nitrogens is 1. The quantitative estimate of drug-likeness (QED) is 0.584. The van der Waals surface area contributed by atoms with Gasteiger partial charge in [-0.3, -0.25) is 4.79 Å². The van der Waals surface area contributed by atoms with Crippen molar-refractivity contribution in [2.24, 2.45) is 0 Å². The van der Waals surface area contributed by atoms with Crippen LogP contribution in [0.25, 0.3) is 0 Å². The number of nitrogens with one attached hydrogen (secondary N) is 1. The SMILES string of the molecule is C#CCCCNC(=O)c1ccc(C(=O)O)nc1. The molecule has 2 N–H and O–H groups in total. The van der Waals surface area contributed by atoms with E-state index < -0.39 is 5.97 Å². The second-order valence-electron chi connectivity index (χ2n) is 3.30. The Bertz CT molecular complexity index is 446. The van der Waals surface area contributed by atoms with Gasteiger partial charge in [-0.25, -0.2) is 9.78 Å². The molecule has 0 atom stereocenters. The molecule has 0 radical (unpaired) electrons. The van der Waals surface area contributed by atoms with Crippen molar-refractivity contribution in [3.05, 3.63) is 29.6 Å². The minimum atomic E-state index is -1.12. The van der Waals surface area contributed by atoms with Crippen molar-refractivity contribution in [3.63, 3.8) is 0 Å². The molecule has 1 aromatic heterocycles. The normalized spacial score (nSPS) is 9.35. The summed E-state index contributed by atoms with van der Waals surface area (Å²) in [6, 6.07) is 2.71. The van der Waals surface area contributed by atoms with Gasteiger partial charge in [0.05, 0.1) is 5.56 Å². The van der Waals surface area contributed by atoms with Gasteiger partial charge in [0.15, 0.2) is 0 Å². The second-order valence-corrected chi connectivity index (χ2v) is 3.30. The van der Waals surface area contributed by atoms with E-state index in [9.17, 15) is 9.59 Å². The van der Waals surface area contributed by atoms with E-state index >= 15 is 0 Å². The van der Waals surface area contributed by atoms with Crippen molar-refractivity contribution in [1.29, 1.82) is 0 Å². The Morgan fingerprint density at radius 3 is 2.76 bits per heavy atom. The molecular weight excluding hydrogens is 220 g/mol. The topological polar surface area (TPSA) is 79.3 Å². The number of aromatic carboxylic acids is 1. The van der Waals surface area contributed by atoms with E-state index in [0.717, 1.165) is 0 Å². The molecule has 1 heterocycles. The summed E-state index contributed by atoms with van der Waals surface area (Å²) < 4.78 is 0. The minimum Gasteiger partial charge on any atom is -0.477 e. The van der Waals surface area contributed by atoms with Crippen LogP contribution in [-0.2, 0) is 0 Å². The number of carboxylic acids is 1. The number of carbonyl (C=O) groups excluding carboxylic acids is 1. The van der Waals surface area contributed by atoms with E-state index in [-0.39, 0.29) is 11.6 Å². The van der Waals surface area contributed by atoms with Crippen LogP contribution in [0.2, 0.25) is 0 Å². The second kappa shape index (κ2) is 6.28. The molecule has 1 aromatic rings. The van der Waals surface area contributed by atoms with Gasteiger partial charge in [0.25, 0.3) is 5.91 Å². The number of hydrogen-bond donors (Lipinski definition) is 2. The van der Waals surface area contributed by atoms with Crippen LogP contribution >= 0.6 is 0 Å². The lowest BCUT2D eigenvalue weighted by Gasteiger charge is -2.03. The average molecular weight is 232 g/mol. The van der Waals surface area contributed by atoms with E-state index in [2.05, 4.69) is 16.2 Å². The maximum Gasteiger partial charge on any atom is 0.354 e. The average Bonchev–Trinajstić information content (AvgIpc) is 2.34. The third kappa shape index (κ3) is 3.95. The fourth-order valence-corrected chi connectivity index (χ4v) is 1.15. The zero-order chi connectivity index (χ0) is 12.7. The number of unbranched alkanes of at least 4 members (excludes halogenated alkanes) is 1. The van der Waals surface area contributed by atoms with Gasteiger partial charge >= 0.3 is 5.97 Å². The lowest BCUT2D eigenvalue weighted by atomic mass is 10.2. The van der Waals surface area contributed by atoms with Crippen LogP contribution in [0.3, 0.4) is 0 Å². The Kier molecular flexibility index (Phi) is 4.70. The third-order valence-electron chi connectivity index (χ3n) is 2.03. The first-order valence-corrected chi connectivity index (χ1v) is 5.06. The van der Waals surface area contributed by atoms with E-state index in [1.165, 1.54) is 18.3 Å². The fourth-order valence-electron chi connectivity index (χ4n) is 1.15. The lowest BCUT2D eigenvalue weighted by Crippen LogP contribution is -2.24. The highest BCUT2D eigenvalue weighted by molar-refractivity contribution is 5.94. The minimum absolute atomic E-state index is 0.0890. The summed E-state index contributed by atoms with van der Waals surface area (Å²) in [5.41, 5.74) is 0.240. The zero-order valence-electron chi connectivity index (χ0n) is 9.14. The first-order valence-electron chi connectivity index (χ1n) is 5.06. The van der Waals surface area contributed by atoms with Crippen molar-refractivity contribution < 1.29 is 14.7 Å². The van der Waals surface area contributed by atoms with Gasteiger partial charge in [0, 0.05) is 19.2 Å². The highest BCUT2D eigenvalue weighted by atomic mass is 16.4. The molecule has 0 saturated carbocycles. The maximum absolute atomic E-state index is 11.5. The van der Waals surface area contributed by atoms with E-state index in [4.69, 9.17) is 11.5 Å². The molecule has 0 aromatic carbocycles. The molecular formula is C12H12N2O3. The summed E-state index contributed by atoms with van der Waals surface area (Å²) in [6.45, 7) is 0.490. The van der Waals surface area contributed by atoms with Gasteiger partial charge in [-0.1, -0.05) is 0 Å². The number of rotatable bonds is 5. The Labute approximate surface area is 98.9 Å². The molecule has 1 rings (SSSR count). The summed E-state index contributed by atoms with van der Waals surface area (Å²) in [7, 11) is 0. The van der Waals surface area contributed by atoms with Gasteiger partial charge in [0.2, 0.25) is 0 Å². The predicted molar refractivity (Wildman–Crippen MR) is 61.6 cm³/mol. The summed E-state index contributed by atoms with van der Waals surface area (Å²) in [6.07, 6.45) is 7.63. The smallest absolute Gasteiger partial charge is 0.354 e. The van der Waals surface area contributed by atoms with Crippen LogP contribution in [0.5, 0.6) is 0 Å². The van der Waals surface area contributed by atoms with Crippen LogP contribution in [0.4, 0.5) is 0 Å². The first-order chi connectivity index (χ1) is 8.15. The molecule has 0 aliphatic rings. The summed E-state index contributed by atoms with van der Waals surface area (Å²) in [5, 5.41) is 11.3. The molecule has 17 heavy (non-hydrogen) atoms. The Morgan fingerprint density at radius 2 is 2.24 bits per heavy atom. The van der Waals surface area contributed by atoms with Crippen molar-refractivity contribution in [2.45, 2.75) is 12.8 Å². The van der Waals surface area contributed by atoms with Crippen molar-refractivity contribution in [2.75, 3.05) is 6.54 Å². The number of hydrogen-bond acceptors (Lipinski definition) is 3. The maximum atomic E-state index is 11.5. The zero-order valence-corrected chi connectivity index (χ0v) is 9.14. The van der Waals surface area contributed by atoms with Gasteiger partial charge in [0.1, 0.15) is 5.69 Å². The number of carboxylic acid groups (broad SMARTS) is 1. The highest BCUT2D eigenvalue weighted by Crippen LogP contribution is 2.00. The van der Waals surface area contributed by atoms with Gasteiger partial charge < -0.3 is 10.4 Å². The Hall–Kier alpha value is -2.35. The fraction of sp³-hybridized carbons (Fsp3) is 0.250. The Balaban J connectivity index is 2.52. The summed E-state index contributed by atoms with van der Waals surface area (Å²) in [5.74, 6) is 1.07. The Morgan fingerprint density at radius 1 is 1.47 bits per heavy atom. The molecule has 0 unspecified atom stereocenters. The van der Waals surface area contributed by atoms with E-state index in [0.29, 0.717) is 24.9 Å². The van der Waals surface area contributed by atoms with Crippen LogP contribution < -0.4 is 5.32 Å². The number of carbonyl (C=O) groups is 2. The molecule has 1 amide bonds. The molecule has 88 valence electrons.